The number of hydrazine groups is 1. The average molecular weight is 878 g/mol. The molecule has 344 valence electrons. The fraction of sp³-hybridized carbons (Fsp3) is 0.560. The molecule has 2 amide bonds. The van der Waals surface area contributed by atoms with Crippen LogP contribution in [-0.4, -0.2) is 123 Å². The summed E-state index contributed by atoms with van der Waals surface area (Å²) in [6.07, 6.45) is 3.64. The highest BCUT2D eigenvalue weighted by Gasteiger charge is 2.37. The number of hydrogen-bond acceptors (Lipinski definition) is 11. The van der Waals surface area contributed by atoms with Gasteiger partial charge < -0.3 is 38.6 Å². The van der Waals surface area contributed by atoms with Gasteiger partial charge in [-0.3, -0.25) is 24.4 Å². The predicted octanol–water partition coefficient (Wildman–Crippen LogP) is 6.18. The Bertz CT molecular complexity index is 2350. The Hall–Kier alpha value is -5.02. The number of hydrogen-bond donors (Lipinski definition) is 2. The number of esters is 1. The normalized spacial score (nSPS) is 23.2. The van der Waals surface area contributed by atoms with Crippen LogP contribution in [-0.2, 0) is 48.0 Å². The fourth-order valence-corrected chi connectivity index (χ4v) is 9.69. The minimum atomic E-state index is -0.924. The smallest absolute Gasteiger partial charge is 0.324 e. The van der Waals surface area contributed by atoms with E-state index in [9.17, 15) is 14.4 Å². The summed E-state index contributed by atoms with van der Waals surface area (Å²) in [7, 11) is 3.89. The van der Waals surface area contributed by atoms with Crippen LogP contribution < -0.4 is 20.4 Å². The minimum absolute atomic E-state index is 0.0282. The number of ether oxygens (including phenoxy) is 4. The maximum absolute atomic E-state index is 14.6. The first kappa shape index (κ1) is 45.5. The van der Waals surface area contributed by atoms with E-state index in [4.69, 9.17) is 23.9 Å². The predicted molar refractivity (Wildman–Crippen MR) is 248 cm³/mol. The summed E-state index contributed by atoms with van der Waals surface area (Å²) in [5.74, 6) is -0.814. The molecule has 8 bridgehead atoms. The van der Waals surface area contributed by atoms with Crippen molar-refractivity contribution in [3.05, 3.63) is 65.5 Å². The lowest BCUT2D eigenvalue weighted by molar-refractivity contribution is -0.155. The maximum Gasteiger partial charge on any atom is 0.324 e. The van der Waals surface area contributed by atoms with Gasteiger partial charge in [0, 0.05) is 74.7 Å². The molecule has 4 atom stereocenters. The lowest BCUT2D eigenvalue weighted by atomic mass is 9.84. The van der Waals surface area contributed by atoms with Gasteiger partial charge in [0.15, 0.2) is 0 Å². The highest BCUT2D eigenvalue weighted by atomic mass is 16.5. The first-order chi connectivity index (χ1) is 30.7. The van der Waals surface area contributed by atoms with Crippen molar-refractivity contribution in [2.75, 3.05) is 78.2 Å². The van der Waals surface area contributed by atoms with Crippen LogP contribution in [0.2, 0.25) is 0 Å². The van der Waals surface area contributed by atoms with Crippen molar-refractivity contribution < 1.29 is 33.3 Å². The standard InChI is InChI=1S/C50H67N7O7/c1-9-56-44-13-12-34-25-38(44)40(46(56)39-26-36(28-51-45(39)32(4)61-8)55-17-15-54(7)16-18-55)27-50(5,6)30-64-49(60)42-11-10-14-57(53-42)48(59)43-23-33-21-35(34)24-37(22-33)63-20-19-62-29-41(31(2)3)47(58)52-43/h12-13,21-22,24-26,28,31-32,41-43,53H,9-11,14-20,23,27,29-30H2,1-8H3,(H,52,58)/t32-,41-,42-,43-/m0/s1. The molecule has 14 nitrogen and oxygen atoms in total. The number of carbonyl (C=O) groups excluding carboxylic acids is 3. The third-order valence-electron chi connectivity index (χ3n) is 13.5. The highest BCUT2D eigenvalue weighted by Crippen LogP contribution is 2.43. The Morgan fingerprint density at radius 3 is 2.48 bits per heavy atom. The highest BCUT2D eigenvalue weighted by molar-refractivity contribution is 5.96. The molecule has 8 rings (SSSR count). The van der Waals surface area contributed by atoms with Gasteiger partial charge in [-0.25, -0.2) is 5.43 Å². The molecule has 2 saturated heterocycles. The van der Waals surface area contributed by atoms with E-state index in [0.29, 0.717) is 51.3 Å². The van der Waals surface area contributed by atoms with Gasteiger partial charge in [0.2, 0.25) is 5.91 Å². The number of rotatable bonds is 6. The van der Waals surface area contributed by atoms with Gasteiger partial charge in [0.25, 0.3) is 5.91 Å². The molecule has 0 unspecified atom stereocenters. The summed E-state index contributed by atoms with van der Waals surface area (Å²) in [5, 5.41) is 5.71. The SMILES string of the molecule is CCn1c(-c2cc(N3CCN(C)CC3)cnc2[C@H](C)OC)c2c3cc(ccc31)-c1cc3cc(c1)OCCOC[C@@H](C(C)C)C(=O)N[C@@H](C3)C(=O)N1CCC[C@H](N1)C(=O)OCC(C)(C)C2. The molecular formula is C50H67N7O7. The van der Waals surface area contributed by atoms with E-state index in [1.54, 1.807) is 7.11 Å². The van der Waals surface area contributed by atoms with Crippen LogP contribution in [0.15, 0.2) is 48.7 Å². The average Bonchev–Trinajstić information content (AvgIpc) is 3.59. The number of aryl methyl sites for hydroxylation is 1. The third kappa shape index (κ3) is 9.66. The molecule has 4 aliphatic heterocycles. The number of aromatic nitrogens is 2. The summed E-state index contributed by atoms with van der Waals surface area (Å²) < 4.78 is 27.0. The van der Waals surface area contributed by atoms with Crippen molar-refractivity contribution in [3.8, 4) is 28.1 Å². The van der Waals surface area contributed by atoms with Crippen molar-refractivity contribution in [2.24, 2.45) is 17.3 Å². The number of fused-ring (bicyclic) bond motifs is 7. The van der Waals surface area contributed by atoms with Crippen LogP contribution in [0.25, 0.3) is 33.3 Å². The van der Waals surface area contributed by atoms with E-state index in [-0.39, 0.29) is 43.5 Å². The Morgan fingerprint density at radius 1 is 0.938 bits per heavy atom. The monoisotopic (exact) mass is 878 g/mol. The van der Waals surface area contributed by atoms with Crippen LogP contribution >= 0.6 is 0 Å². The molecular weight excluding hydrogens is 811 g/mol. The zero-order chi connectivity index (χ0) is 45.3. The van der Waals surface area contributed by atoms with Crippen LogP contribution in [0, 0.1) is 17.3 Å². The molecule has 4 aliphatic rings. The number of piperazine rings is 1. The quantitative estimate of drug-likeness (QED) is 0.215. The first-order valence-corrected chi connectivity index (χ1v) is 23.2. The zero-order valence-corrected chi connectivity index (χ0v) is 39.0. The summed E-state index contributed by atoms with van der Waals surface area (Å²) in [5.41, 5.74) is 11.7. The molecule has 6 heterocycles. The number of carbonyl (C=O) groups is 3. The van der Waals surface area contributed by atoms with E-state index < -0.39 is 29.4 Å². The van der Waals surface area contributed by atoms with Crippen LogP contribution in [0.4, 0.5) is 5.69 Å². The van der Waals surface area contributed by atoms with E-state index in [1.165, 1.54) is 5.01 Å². The molecule has 2 aromatic carbocycles. The number of amides is 2. The Balaban J connectivity index is 1.33. The summed E-state index contributed by atoms with van der Waals surface area (Å²) in [6, 6.07) is 13.4. The molecule has 2 aromatic heterocycles. The second-order valence-electron chi connectivity index (χ2n) is 19.3. The molecule has 2 fully saturated rings. The Morgan fingerprint density at radius 2 is 1.73 bits per heavy atom. The topological polar surface area (TPSA) is 140 Å². The molecule has 2 N–H and O–H groups in total. The zero-order valence-electron chi connectivity index (χ0n) is 39.0. The van der Waals surface area contributed by atoms with Crippen molar-refractivity contribution >= 4 is 34.4 Å². The van der Waals surface area contributed by atoms with E-state index in [1.807, 2.05) is 39.1 Å². The molecule has 0 aliphatic carbocycles. The molecule has 14 heteroatoms. The summed E-state index contributed by atoms with van der Waals surface area (Å²) in [4.78, 5) is 52.4. The minimum Gasteiger partial charge on any atom is -0.491 e. The van der Waals surface area contributed by atoms with E-state index in [2.05, 4.69) is 83.3 Å². The van der Waals surface area contributed by atoms with Gasteiger partial charge >= 0.3 is 5.97 Å². The van der Waals surface area contributed by atoms with Gasteiger partial charge in [-0.05, 0) is 98.7 Å². The summed E-state index contributed by atoms with van der Waals surface area (Å²) in [6.45, 7) is 18.3. The number of likely N-dealkylation sites (N-methyl/N-ethyl adjacent to an activating group) is 1. The van der Waals surface area contributed by atoms with Crippen molar-refractivity contribution in [2.45, 2.75) is 92.0 Å². The first-order valence-electron chi connectivity index (χ1n) is 23.2. The van der Waals surface area contributed by atoms with Gasteiger partial charge in [0.05, 0.1) is 55.1 Å². The largest absolute Gasteiger partial charge is 0.491 e. The number of pyridine rings is 1. The number of anilines is 1. The van der Waals surface area contributed by atoms with Gasteiger partial charge in [-0.2, -0.15) is 0 Å². The Labute approximate surface area is 377 Å². The molecule has 0 spiro atoms. The van der Waals surface area contributed by atoms with E-state index in [0.717, 1.165) is 82.0 Å². The summed E-state index contributed by atoms with van der Waals surface area (Å²) >= 11 is 0. The second-order valence-corrected chi connectivity index (χ2v) is 19.3. The van der Waals surface area contributed by atoms with Gasteiger partial charge in [-0.15, -0.1) is 0 Å². The lowest BCUT2D eigenvalue weighted by Gasteiger charge is -2.36. The molecule has 0 radical (unpaired) electrons. The van der Waals surface area contributed by atoms with Crippen LogP contribution in [0.3, 0.4) is 0 Å². The maximum atomic E-state index is 14.6. The number of nitrogens with one attached hydrogen (secondary N) is 2. The Kier molecular flexibility index (Phi) is 13.7. The fourth-order valence-electron chi connectivity index (χ4n) is 9.69. The van der Waals surface area contributed by atoms with Crippen LogP contribution in [0.5, 0.6) is 5.75 Å². The molecule has 64 heavy (non-hydrogen) atoms. The van der Waals surface area contributed by atoms with E-state index >= 15 is 0 Å². The molecule has 4 aromatic rings. The van der Waals surface area contributed by atoms with Gasteiger partial charge in [-0.1, -0.05) is 39.8 Å². The van der Waals surface area contributed by atoms with Crippen molar-refractivity contribution in [3.63, 3.8) is 0 Å². The third-order valence-corrected chi connectivity index (χ3v) is 13.5. The van der Waals surface area contributed by atoms with Crippen LogP contribution in [0.1, 0.15) is 77.3 Å². The van der Waals surface area contributed by atoms with Crippen molar-refractivity contribution in [1.29, 1.82) is 0 Å². The number of nitrogens with zero attached hydrogens (tertiary/aromatic N) is 5. The van der Waals surface area contributed by atoms with Gasteiger partial charge in [0.1, 0.15) is 24.4 Å². The number of cyclic esters (lactones) is 1. The lowest BCUT2D eigenvalue weighted by Crippen LogP contribution is -2.61. The van der Waals surface area contributed by atoms with Crippen molar-refractivity contribution in [1.82, 2.24) is 30.2 Å². The number of benzene rings is 2. The second kappa shape index (κ2) is 19.2. The molecule has 0 saturated carbocycles. The number of methoxy groups -OCH3 is 1.